The van der Waals surface area contributed by atoms with E-state index in [1.165, 1.54) is 0 Å². The minimum absolute atomic E-state index is 0.0665. The topological polar surface area (TPSA) is 182 Å². The molecule has 270 valence electrons. The third-order valence-corrected chi connectivity index (χ3v) is 10.2. The maximum Gasteiger partial charge on any atom is 0.228 e. The summed E-state index contributed by atoms with van der Waals surface area (Å²) < 4.78 is 0. The van der Waals surface area contributed by atoms with E-state index in [2.05, 4.69) is 82.2 Å². The van der Waals surface area contributed by atoms with E-state index in [1.54, 1.807) is 25.6 Å². The number of aromatic nitrogens is 10. The molecule has 0 aromatic carbocycles. The molecule has 2 saturated heterocycles. The molecule has 0 radical (unpaired) electrons. The van der Waals surface area contributed by atoms with Crippen LogP contribution in [0.3, 0.4) is 0 Å². The molecule has 7 rings (SSSR count). The van der Waals surface area contributed by atoms with Gasteiger partial charge in [-0.3, -0.25) is 0 Å². The fourth-order valence-electron chi connectivity index (χ4n) is 7.68. The Morgan fingerprint density at radius 2 is 1.25 bits per heavy atom. The summed E-state index contributed by atoms with van der Waals surface area (Å²) in [5.41, 5.74) is -1.67. The summed E-state index contributed by atoms with van der Waals surface area (Å²) in [5, 5.41) is 22.8. The first kappa shape index (κ1) is 34.7. The van der Waals surface area contributed by atoms with Crippen LogP contribution in [-0.2, 0) is 5.60 Å². The van der Waals surface area contributed by atoms with E-state index in [9.17, 15) is 10.2 Å². The average Bonchev–Trinajstić information content (AvgIpc) is 3.94. The van der Waals surface area contributed by atoms with Gasteiger partial charge < -0.3 is 29.8 Å². The molecule has 4 aromatic heterocycles. The van der Waals surface area contributed by atoms with Gasteiger partial charge in [-0.1, -0.05) is 0 Å². The number of aliphatic hydroxyl groups excluding tert-OH is 1. The van der Waals surface area contributed by atoms with Gasteiger partial charge in [-0.2, -0.15) is 15.0 Å². The van der Waals surface area contributed by atoms with Crippen LogP contribution in [0.25, 0.3) is 0 Å². The fourth-order valence-corrected chi connectivity index (χ4v) is 7.68. The lowest BCUT2D eigenvalue weighted by molar-refractivity contribution is -0.00496. The zero-order valence-corrected chi connectivity index (χ0v) is 30.5. The summed E-state index contributed by atoms with van der Waals surface area (Å²) in [7, 11) is 0. The van der Waals surface area contributed by atoms with Gasteiger partial charge in [0.15, 0.2) is 5.82 Å². The van der Waals surface area contributed by atoms with Crippen LogP contribution in [0.1, 0.15) is 88.4 Å². The molecule has 3 aliphatic rings. The van der Waals surface area contributed by atoms with Crippen molar-refractivity contribution in [3.05, 3.63) is 60.0 Å². The molecule has 2 N–H and O–H groups in total. The van der Waals surface area contributed by atoms with Crippen molar-refractivity contribution in [3.63, 3.8) is 0 Å². The molecule has 16 nitrogen and oxygen atoms in total. The molecular formula is C35H48N14O2. The van der Waals surface area contributed by atoms with Gasteiger partial charge >= 0.3 is 0 Å². The molecule has 6 atom stereocenters. The summed E-state index contributed by atoms with van der Waals surface area (Å²) in [4.78, 5) is 54.9. The second kappa shape index (κ2) is 13.8. The highest BCUT2D eigenvalue weighted by Gasteiger charge is 2.41. The number of hydrogen-bond acceptors (Lipinski definition) is 16. The molecule has 2 aliphatic heterocycles. The van der Waals surface area contributed by atoms with Gasteiger partial charge in [-0.25, -0.2) is 34.9 Å². The van der Waals surface area contributed by atoms with E-state index >= 15 is 0 Å². The molecular weight excluding hydrogens is 648 g/mol. The first-order valence-electron chi connectivity index (χ1n) is 17.9. The van der Waals surface area contributed by atoms with Gasteiger partial charge in [0, 0.05) is 68.7 Å². The van der Waals surface area contributed by atoms with Gasteiger partial charge in [0.05, 0.1) is 12.5 Å². The Morgan fingerprint density at radius 3 is 1.82 bits per heavy atom. The SMILES string of the molecule is Cc1nc(C)nc(N2C[C@@H](C)N(c3ccnc(C(CO)[C@](C)(O)c4nccc(N5[C@H](C)CN(c6ncnc(C7CC7)n6)C[C@@H]5C)n4)n3)[C@@H](C)C2)n1. The fraction of sp³-hybridized carbons (Fsp3) is 0.600. The van der Waals surface area contributed by atoms with Crippen LogP contribution in [0.15, 0.2) is 30.9 Å². The molecule has 1 unspecified atom stereocenters. The van der Waals surface area contributed by atoms with Crippen molar-refractivity contribution >= 4 is 23.5 Å². The van der Waals surface area contributed by atoms with Crippen LogP contribution in [0.4, 0.5) is 23.5 Å². The first-order valence-corrected chi connectivity index (χ1v) is 17.9. The first-order chi connectivity index (χ1) is 24.4. The van der Waals surface area contributed by atoms with Crippen LogP contribution in [0.2, 0.25) is 0 Å². The van der Waals surface area contributed by atoms with Crippen molar-refractivity contribution in [1.29, 1.82) is 0 Å². The normalized spacial score (nSPS) is 24.4. The molecule has 3 fully saturated rings. The van der Waals surface area contributed by atoms with Crippen LogP contribution >= 0.6 is 0 Å². The third kappa shape index (κ3) is 6.98. The van der Waals surface area contributed by atoms with Crippen LogP contribution in [0.5, 0.6) is 0 Å². The number of aryl methyl sites for hydroxylation is 2. The Hall–Kier alpha value is -4.70. The van der Waals surface area contributed by atoms with E-state index in [1.807, 2.05) is 26.0 Å². The van der Waals surface area contributed by atoms with Crippen molar-refractivity contribution < 1.29 is 10.2 Å². The third-order valence-electron chi connectivity index (χ3n) is 10.2. The van der Waals surface area contributed by atoms with Crippen LogP contribution in [-0.4, -0.2) is 117 Å². The van der Waals surface area contributed by atoms with E-state index in [4.69, 9.17) is 15.0 Å². The van der Waals surface area contributed by atoms with Crippen molar-refractivity contribution in [2.24, 2.45) is 0 Å². The molecule has 1 saturated carbocycles. The Bertz CT molecular complexity index is 1810. The minimum Gasteiger partial charge on any atom is -0.395 e. The summed E-state index contributed by atoms with van der Waals surface area (Å²) in [6.45, 7) is 16.3. The monoisotopic (exact) mass is 696 g/mol. The maximum absolute atomic E-state index is 12.1. The number of rotatable bonds is 9. The summed E-state index contributed by atoms with van der Waals surface area (Å²) >= 11 is 0. The van der Waals surface area contributed by atoms with Gasteiger partial charge in [-0.15, -0.1) is 0 Å². The predicted octanol–water partition coefficient (Wildman–Crippen LogP) is 2.32. The number of anilines is 4. The quantitative estimate of drug-likeness (QED) is 0.260. The Kier molecular flexibility index (Phi) is 9.39. The lowest BCUT2D eigenvalue weighted by Gasteiger charge is -2.45. The number of nitrogens with zero attached hydrogens (tertiary/aromatic N) is 14. The van der Waals surface area contributed by atoms with E-state index in [0.29, 0.717) is 67.3 Å². The molecule has 16 heteroatoms. The zero-order chi connectivity index (χ0) is 36.0. The molecule has 0 spiro atoms. The molecule has 0 amide bonds. The predicted molar refractivity (Wildman–Crippen MR) is 192 cm³/mol. The summed E-state index contributed by atoms with van der Waals surface area (Å²) in [6, 6.07) is 4.01. The summed E-state index contributed by atoms with van der Waals surface area (Å²) in [6.07, 6.45) is 7.24. The second-order valence-corrected chi connectivity index (χ2v) is 14.6. The zero-order valence-electron chi connectivity index (χ0n) is 30.5. The van der Waals surface area contributed by atoms with Crippen LogP contribution < -0.4 is 19.6 Å². The van der Waals surface area contributed by atoms with E-state index < -0.39 is 18.1 Å². The van der Waals surface area contributed by atoms with Gasteiger partial charge in [0.2, 0.25) is 11.9 Å². The lowest BCUT2D eigenvalue weighted by Crippen LogP contribution is -2.58. The second-order valence-electron chi connectivity index (χ2n) is 14.6. The Morgan fingerprint density at radius 1 is 0.706 bits per heavy atom. The molecule has 0 bridgehead atoms. The van der Waals surface area contributed by atoms with Crippen molar-refractivity contribution in [3.8, 4) is 0 Å². The minimum atomic E-state index is -1.67. The van der Waals surface area contributed by atoms with Crippen molar-refractivity contribution in [2.45, 2.75) is 103 Å². The number of aliphatic hydroxyl groups is 2. The van der Waals surface area contributed by atoms with Gasteiger partial charge in [0.1, 0.15) is 46.9 Å². The molecule has 51 heavy (non-hydrogen) atoms. The average molecular weight is 697 g/mol. The number of hydrogen-bond donors (Lipinski definition) is 2. The van der Waals surface area contributed by atoms with Crippen molar-refractivity contribution in [1.82, 2.24) is 49.8 Å². The molecule has 1 aliphatic carbocycles. The van der Waals surface area contributed by atoms with Gasteiger partial charge in [-0.05, 0) is 73.4 Å². The largest absolute Gasteiger partial charge is 0.395 e. The Balaban J connectivity index is 1.09. The highest BCUT2D eigenvalue weighted by atomic mass is 16.3. The summed E-state index contributed by atoms with van der Waals surface area (Å²) in [5.74, 6) is 5.16. The number of piperazine rings is 2. The van der Waals surface area contributed by atoms with Crippen LogP contribution in [0, 0.1) is 13.8 Å². The highest BCUT2D eigenvalue weighted by Crippen LogP contribution is 2.39. The highest BCUT2D eigenvalue weighted by molar-refractivity contribution is 5.47. The van der Waals surface area contributed by atoms with Gasteiger partial charge in [0.25, 0.3) is 0 Å². The molecule has 6 heterocycles. The van der Waals surface area contributed by atoms with Crippen molar-refractivity contribution in [2.75, 3.05) is 52.4 Å². The van der Waals surface area contributed by atoms with E-state index in [-0.39, 0.29) is 30.0 Å². The lowest BCUT2D eigenvalue weighted by atomic mass is 9.88. The van der Waals surface area contributed by atoms with E-state index in [0.717, 1.165) is 24.5 Å². The standard InChI is InChI=1S/C35H48N14O2/c1-20-14-46(33-39-19-38-30(45-33)26-8-9-26)15-21(2)49(20)29-11-13-37-32(44-29)35(7,51)27(18-50)31-36-12-10-28(43-31)48-22(3)16-47(17-23(48)4)34-41-24(5)40-25(6)42-34/h10-13,19-23,26-27,50-51H,8-9,14-18H2,1-7H3/t20-,21+,22-,23+,27?,35-/m0/s1. The molecule has 4 aromatic rings. The Labute approximate surface area is 298 Å². The maximum atomic E-state index is 12.1. The smallest absolute Gasteiger partial charge is 0.228 e.